The van der Waals surface area contributed by atoms with Crippen LogP contribution >= 0.6 is 23.6 Å². The van der Waals surface area contributed by atoms with Gasteiger partial charge in [0, 0.05) is 6.54 Å². The Morgan fingerprint density at radius 2 is 1.95 bits per heavy atom. The van der Waals surface area contributed by atoms with Crippen LogP contribution in [0, 0.1) is 4.77 Å². The molecule has 1 aliphatic heterocycles. The third-order valence-corrected chi connectivity index (χ3v) is 5.37. The van der Waals surface area contributed by atoms with Crippen molar-refractivity contribution in [1.29, 1.82) is 0 Å². The Labute approximate surface area is 133 Å². The Kier molecular flexibility index (Phi) is 4.87. The maximum Gasteiger partial charge on any atom is 0.272 e. The van der Waals surface area contributed by atoms with Crippen molar-refractivity contribution in [3.05, 3.63) is 26.6 Å². The zero-order chi connectivity index (χ0) is 14.7. The fraction of sp³-hybridized carbons (Fsp3) is 0.600. The van der Waals surface area contributed by atoms with Gasteiger partial charge in [-0.25, -0.2) is 0 Å². The molecule has 4 nitrogen and oxygen atoms in total. The molecule has 3 heterocycles. The molecule has 1 aliphatic rings. The summed E-state index contributed by atoms with van der Waals surface area (Å²) in [7, 11) is 0. The van der Waals surface area contributed by atoms with E-state index in [4.69, 9.17) is 12.2 Å². The van der Waals surface area contributed by atoms with E-state index >= 15 is 0 Å². The van der Waals surface area contributed by atoms with Crippen LogP contribution in [0.3, 0.4) is 0 Å². The lowest BCUT2D eigenvalue weighted by Gasteiger charge is -2.19. The molecule has 0 atom stereocenters. The first-order valence-electron chi connectivity index (χ1n) is 7.68. The van der Waals surface area contributed by atoms with Gasteiger partial charge in [0.25, 0.3) is 5.56 Å². The maximum atomic E-state index is 12.4. The number of nitrogens with one attached hydrogen (secondary N) is 1. The lowest BCUT2D eigenvalue weighted by Crippen LogP contribution is -2.28. The second kappa shape index (κ2) is 6.85. The van der Waals surface area contributed by atoms with Crippen LogP contribution in [0.2, 0.25) is 0 Å². The normalized spacial score (nSPS) is 17.1. The number of aromatic amines is 1. The highest BCUT2D eigenvalue weighted by Crippen LogP contribution is 2.14. The number of aromatic nitrogens is 2. The van der Waals surface area contributed by atoms with Crippen molar-refractivity contribution in [2.45, 2.75) is 38.6 Å². The molecule has 0 aliphatic carbocycles. The summed E-state index contributed by atoms with van der Waals surface area (Å²) in [5, 5.41) is 1.93. The van der Waals surface area contributed by atoms with Crippen LogP contribution in [0.4, 0.5) is 0 Å². The highest BCUT2D eigenvalue weighted by Gasteiger charge is 2.10. The van der Waals surface area contributed by atoms with E-state index in [1.165, 1.54) is 50.1 Å². The van der Waals surface area contributed by atoms with Gasteiger partial charge in [-0.1, -0.05) is 12.8 Å². The monoisotopic (exact) mass is 323 g/mol. The maximum absolute atomic E-state index is 12.4. The number of likely N-dealkylation sites (tertiary alicyclic amines) is 1. The van der Waals surface area contributed by atoms with E-state index in [2.05, 4.69) is 9.88 Å². The predicted octanol–water partition coefficient (Wildman–Crippen LogP) is 3.39. The molecule has 21 heavy (non-hydrogen) atoms. The predicted molar refractivity (Wildman–Crippen MR) is 90.8 cm³/mol. The Morgan fingerprint density at radius 3 is 2.71 bits per heavy atom. The van der Waals surface area contributed by atoms with Gasteiger partial charge in [0.05, 0.1) is 5.52 Å². The summed E-state index contributed by atoms with van der Waals surface area (Å²) < 4.78 is 3.03. The number of thiophene rings is 1. The first kappa shape index (κ1) is 14.9. The highest BCUT2D eigenvalue weighted by molar-refractivity contribution is 7.71. The van der Waals surface area contributed by atoms with E-state index in [0.717, 1.165) is 23.2 Å². The Bertz CT molecular complexity index is 708. The summed E-state index contributed by atoms with van der Waals surface area (Å²) in [6, 6.07) is 1.92. The molecule has 6 heteroatoms. The topological polar surface area (TPSA) is 41.0 Å². The molecule has 1 N–H and O–H groups in total. The number of fused-ring (bicyclic) bond motifs is 1. The van der Waals surface area contributed by atoms with Crippen molar-refractivity contribution in [2.75, 3.05) is 19.6 Å². The SMILES string of the molecule is O=c1c2sccc2[nH]c(=S)n1CCCN1CCCCCC1. The first-order valence-corrected chi connectivity index (χ1v) is 8.97. The van der Waals surface area contributed by atoms with Crippen LogP contribution in [-0.4, -0.2) is 34.1 Å². The molecule has 0 bridgehead atoms. The number of hydrogen-bond donors (Lipinski definition) is 1. The van der Waals surface area contributed by atoms with Crippen molar-refractivity contribution in [3.8, 4) is 0 Å². The van der Waals surface area contributed by atoms with Crippen LogP contribution in [0.5, 0.6) is 0 Å². The average molecular weight is 323 g/mol. The molecular weight excluding hydrogens is 302 g/mol. The lowest BCUT2D eigenvalue weighted by atomic mass is 10.2. The average Bonchev–Trinajstić information content (AvgIpc) is 2.78. The third-order valence-electron chi connectivity index (χ3n) is 4.15. The fourth-order valence-electron chi connectivity index (χ4n) is 2.99. The summed E-state index contributed by atoms with van der Waals surface area (Å²) in [6.07, 6.45) is 6.31. The summed E-state index contributed by atoms with van der Waals surface area (Å²) in [4.78, 5) is 18.1. The van der Waals surface area contributed by atoms with Gasteiger partial charge < -0.3 is 9.88 Å². The highest BCUT2D eigenvalue weighted by atomic mass is 32.1. The Balaban J connectivity index is 1.67. The van der Waals surface area contributed by atoms with E-state index in [9.17, 15) is 4.79 Å². The molecule has 2 aromatic heterocycles. The molecule has 1 saturated heterocycles. The molecule has 0 amide bonds. The number of rotatable bonds is 4. The van der Waals surface area contributed by atoms with Crippen LogP contribution in [-0.2, 0) is 6.54 Å². The largest absolute Gasteiger partial charge is 0.331 e. The minimum absolute atomic E-state index is 0.0552. The molecule has 0 aromatic carbocycles. The van der Waals surface area contributed by atoms with Gasteiger partial charge in [-0.05, 0) is 62.6 Å². The molecule has 0 radical (unpaired) electrons. The summed E-state index contributed by atoms with van der Waals surface area (Å²) in [5.74, 6) is 0. The van der Waals surface area contributed by atoms with Crippen molar-refractivity contribution < 1.29 is 0 Å². The van der Waals surface area contributed by atoms with Gasteiger partial charge in [-0.2, -0.15) is 0 Å². The van der Waals surface area contributed by atoms with Crippen molar-refractivity contribution >= 4 is 33.8 Å². The molecule has 114 valence electrons. The molecule has 2 aromatic rings. The quantitative estimate of drug-likeness (QED) is 0.877. The van der Waals surface area contributed by atoms with Crippen LogP contribution < -0.4 is 5.56 Å². The van der Waals surface area contributed by atoms with E-state index in [1.807, 2.05) is 11.4 Å². The van der Waals surface area contributed by atoms with E-state index in [0.29, 0.717) is 11.3 Å². The van der Waals surface area contributed by atoms with Gasteiger partial charge in [-0.3, -0.25) is 9.36 Å². The molecule has 1 fully saturated rings. The van der Waals surface area contributed by atoms with Crippen LogP contribution in [0.15, 0.2) is 16.2 Å². The molecule has 0 spiro atoms. The minimum Gasteiger partial charge on any atom is -0.331 e. The van der Waals surface area contributed by atoms with Crippen molar-refractivity contribution in [2.24, 2.45) is 0 Å². The summed E-state index contributed by atoms with van der Waals surface area (Å²) >= 11 is 6.80. The number of hydrogen-bond acceptors (Lipinski definition) is 4. The van der Waals surface area contributed by atoms with Gasteiger partial charge in [0.2, 0.25) is 0 Å². The zero-order valence-electron chi connectivity index (χ0n) is 12.1. The standard InChI is InChI=1S/C15H21N3OS2/c19-14-13-12(6-11-21-13)16-15(20)18(14)10-5-9-17-7-3-1-2-4-8-17/h6,11H,1-5,7-10H2,(H,16,20). The number of nitrogens with zero attached hydrogens (tertiary/aromatic N) is 2. The van der Waals surface area contributed by atoms with Crippen LogP contribution in [0.25, 0.3) is 10.2 Å². The molecule has 0 unspecified atom stereocenters. The lowest BCUT2D eigenvalue weighted by molar-refractivity contribution is 0.275. The van der Waals surface area contributed by atoms with Crippen molar-refractivity contribution in [3.63, 3.8) is 0 Å². The molecular formula is C15H21N3OS2. The smallest absolute Gasteiger partial charge is 0.272 e. The van der Waals surface area contributed by atoms with E-state index < -0.39 is 0 Å². The van der Waals surface area contributed by atoms with E-state index in [1.54, 1.807) is 4.57 Å². The summed E-state index contributed by atoms with van der Waals surface area (Å²) in [5.41, 5.74) is 0.915. The summed E-state index contributed by atoms with van der Waals surface area (Å²) in [6.45, 7) is 4.17. The molecule has 0 saturated carbocycles. The van der Waals surface area contributed by atoms with Gasteiger partial charge in [0.1, 0.15) is 4.70 Å². The third kappa shape index (κ3) is 3.44. The van der Waals surface area contributed by atoms with Gasteiger partial charge in [-0.15, -0.1) is 11.3 Å². The Morgan fingerprint density at radius 1 is 1.19 bits per heavy atom. The second-order valence-corrected chi connectivity index (χ2v) is 6.96. The fourth-order valence-corrected chi connectivity index (χ4v) is 4.07. The second-order valence-electron chi connectivity index (χ2n) is 5.66. The molecule has 3 rings (SSSR count). The van der Waals surface area contributed by atoms with Crippen molar-refractivity contribution in [1.82, 2.24) is 14.5 Å². The Hall–Kier alpha value is -0.980. The van der Waals surface area contributed by atoms with Gasteiger partial charge >= 0.3 is 0 Å². The van der Waals surface area contributed by atoms with Crippen LogP contribution in [0.1, 0.15) is 32.1 Å². The van der Waals surface area contributed by atoms with E-state index in [-0.39, 0.29) is 5.56 Å². The zero-order valence-corrected chi connectivity index (χ0v) is 13.8. The van der Waals surface area contributed by atoms with Gasteiger partial charge in [0.15, 0.2) is 4.77 Å². The number of H-pyrrole nitrogens is 1. The minimum atomic E-state index is 0.0552. The first-order chi connectivity index (χ1) is 10.3.